The first-order valence-corrected chi connectivity index (χ1v) is 9.15. The van der Waals surface area contributed by atoms with Crippen molar-refractivity contribution in [2.45, 2.75) is 0 Å². The Morgan fingerprint density at radius 2 is 1.65 bits per heavy atom. The Morgan fingerprint density at radius 1 is 1.00 bits per heavy atom. The van der Waals surface area contributed by atoms with E-state index in [0.29, 0.717) is 5.75 Å². The maximum absolute atomic E-state index is 13.6. The number of rotatable bonds is 9. The first-order valence-electron chi connectivity index (χ1n) is 8.77. The average Bonchev–Trinajstić information content (AvgIpc) is 2.77. The maximum atomic E-state index is 13.6. The topological polar surface area (TPSA) is 112 Å². The van der Waals surface area contributed by atoms with E-state index in [-0.39, 0.29) is 27.8 Å². The lowest BCUT2D eigenvalue weighted by molar-refractivity contribution is -0.146. The summed E-state index contributed by atoms with van der Waals surface area (Å²) in [5.41, 5.74) is 0.000673. The molecule has 0 fully saturated rings. The number of halogens is 2. The fourth-order valence-electron chi connectivity index (χ4n) is 2.44. The van der Waals surface area contributed by atoms with Crippen molar-refractivity contribution in [1.82, 2.24) is 5.32 Å². The number of benzene rings is 2. The molecule has 166 valence electrons. The van der Waals surface area contributed by atoms with Gasteiger partial charge in [0.05, 0.1) is 27.0 Å². The van der Waals surface area contributed by atoms with Crippen LogP contribution in [0.15, 0.2) is 30.3 Å². The first kappa shape index (κ1) is 23.7. The molecule has 0 aliphatic carbocycles. The van der Waals surface area contributed by atoms with E-state index in [9.17, 15) is 18.8 Å². The molecule has 0 bridgehead atoms. The second kappa shape index (κ2) is 11.0. The molecule has 31 heavy (non-hydrogen) atoms. The number of hydrogen-bond donors (Lipinski definition) is 2. The van der Waals surface area contributed by atoms with Crippen molar-refractivity contribution in [3.8, 4) is 17.2 Å². The van der Waals surface area contributed by atoms with Gasteiger partial charge in [0.25, 0.3) is 11.8 Å². The smallest absolute Gasteiger partial charge is 0.325 e. The third-order valence-corrected chi connectivity index (χ3v) is 4.12. The van der Waals surface area contributed by atoms with Gasteiger partial charge in [0.1, 0.15) is 12.4 Å². The van der Waals surface area contributed by atoms with E-state index < -0.39 is 36.8 Å². The van der Waals surface area contributed by atoms with E-state index in [1.807, 2.05) is 0 Å². The molecule has 2 aromatic carbocycles. The molecule has 9 nitrogen and oxygen atoms in total. The summed E-state index contributed by atoms with van der Waals surface area (Å²) in [6, 6.07) is 6.45. The zero-order valence-corrected chi connectivity index (χ0v) is 17.7. The molecule has 2 aromatic rings. The highest BCUT2D eigenvalue weighted by Gasteiger charge is 2.18. The fourth-order valence-corrected chi connectivity index (χ4v) is 2.62. The lowest BCUT2D eigenvalue weighted by atomic mass is 10.1. The van der Waals surface area contributed by atoms with Gasteiger partial charge in [0.2, 0.25) is 5.75 Å². The van der Waals surface area contributed by atoms with Crippen LogP contribution in [0.5, 0.6) is 17.2 Å². The molecule has 2 rings (SSSR count). The molecule has 0 aromatic heterocycles. The monoisotopic (exact) mass is 454 g/mol. The minimum Gasteiger partial charge on any atom is -0.493 e. The van der Waals surface area contributed by atoms with Crippen molar-refractivity contribution in [1.29, 1.82) is 0 Å². The molecule has 2 N–H and O–H groups in total. The van der Waals surface area contributed by atoms with Gasteiger partial charge in [-0.1, -0.05) is 11.6 Å². The summed E-state index contributed by atoms with van der Waals surface area (Å²) in [7, 11) is 4.22. The Labute approximate surface area is 182 Å². The molecule has 0 saturated carbocycles. The number of anilines is 1. The highest BCUT2D eigenvalue weighted by atomic mass is 35.5. The largest absolute Gasteiger partial charge is 0.493 e. The molecule has 0 radical (unpaired) electrons. The third-order valence-electron chi connectivity index (χ3n) is 3.89. The number of methoxy groups -OCH3 is 3. The van der Waals surface area contributed by atoms with Crippen molar-refractivity contribution >= 4 is 35.1 Å². The van der Waals surface area contributed by atoms with Crippen molar-refractivity contribution in [2.24, 2.45) is 0 Å². The minimum atomic E-state index is -0.873. The summed E-state index contributed by atoms with van der Waals surface area (Å²) >= 11 is 5.74. The van der Waals surface area contributed by atoms with Gasteiger partial charge in [-0.2, -0.15) is 0 Å². The van der Waals surface area contributed by atoms with Gasteiger partial charge in [-0.05, 0) is 30.3 Å². The molecule has 2 amide bonds. The predicted molar refractivity (Wildman–Crippen MR) is 109 cm³/mol. The SMILES string of the molecule is COc1cc(C(=O)NCC(=O)OCC(=O)Nc2cc(Cl)ccc2F)cc(OC)c1OC. The number of ether oxygens (including phenoxy) is 4. The Bertz CT molecular complexity index is 959. The van der Waals surface area contributed by atoms with E-state index in [4.69, 9.17) is 30.5 Å². The van der Waals surface area contributed by atoms with E-state index in [1.165, 1.54) is 45.6 Å². The minimum absolute atomic E-state index is 0.149. The number of carbonyl (C=O) groups is 3. The van der Waals surface area contributed by atoms with Crippen LogP contribution >= 0.6 is 11.6 Å². The van der Waals surface area contributed by atoms with Crippen LogP contribution in [-0.2, 0) is 14.3 Å². The van der Waals surface area contributed by atoms with Crippen molar-refractivity contribution in [2.75, 3.05) is 39.8 Å². The zero-order chi connectivity index (χ0) is 23.0. The molecule has 0 aliphatic rings. The second-order valence-corrected chi connectivity index (χ2v) is 6.37. The van der Waals surface area contributed by atoms with Gasteiger partial charge in [-0.3, -0.25) is 14.4 Å². The van der Waals surface area contributed by atoms with Crippen LogP contribution in [0.1, 0.15) is 10.4 Å². The molecule has 0 unspecified atom stereocenters. The van der Waals surface area contributed by atoms with Crippen molar-refractivity contribution < 1.29 is 37.7 Å². The quantitative estimate of drug-likeness (QED) is 0.559. The van der Waals surface area contributed by atoms with Gasteiger partial charge in [-0.25, -0.2) is 4.39 Å². The van der Waals surface area contributed by atoms with Crippen molar-refractivity contribution in [3.05, 3.63) is 46.7 Å². The lowest BCUT2D eigenvalue weighted by Crippen LogP contribution is -2.32. The zero-order valence-electron chi connectivity index (χ0n) is 16.9. The third kappa shape index (κ3) is 6.48. The van der Waals surface area contributed by atoms with Crippen LogP contribution in [0.2, 0.25) is 5.02 Å². The van der Waals surface area contributed by atoms with Crippen LogP contribution in [0, 0.1) is 5.82 Å². The molecule has 0 heterocycles. The number of carbonyl (C=O) groups excluding carboxylic acids is 3. The van der Waals surface area contributed by atoms with Gasteiger partial charge >= 0.3 is 5.97 Å². The van der Waals surface area contributed by atoms with E-state index >= 15 is 0 Å². The molecule has 0 aliphatic heterocycles. The second-order valence-electron chi connectivity index (χ2n) is 5.93. The summed E-state index contributed by atoms with van der Waals surface area (Å²) in [6.45, 7) is -1.18. The lowest BCUT2D eigenvalue weighted by Gasteiger charge is -2.14. The van der Waals surface area contributed by atoms with Crippen LogP contribution in [0.25, 0.3) is 0 Å². The standard InChI is InChI=1S/C20H20ClFN2O7/c1-28-15-6-11(7-16(29-2)19(15)30-3)20(27)23-9-18(26)31-10-17(25)24-14-8-12(21)4-5-13(14)22/h4-8H,9-10H2,1-3H3,(H,23,27)(H,24,25). The molecule has 0 saturated heterocycles. The van der Waals surface area contributed by atoms with E-state index in [0.717, 1.165) is 6.07 Å². The van der Waals surface area contributed by atoms with Gasteiger partial charge in [0, 0.05) is 10.6 Å². The number of hydrogen-bond acceptors (Lipinski definition) is 7. The number of esters is 1. The highest BCUT2D eigenvalue weighted by Crippen LogP contribution is 2.38. The Kier molecular flexibility index (Phi) is 8.44. The van der Waals surface area contributed by atoms with Crippen LogP contribution in [0.4, 0.5) is 10.1 Å². The number of amides is 2. The Morgan fingerprint density at radius 3 is 2.23 bits per heavy atom. The van der Waals surface area contributed by atoms with Gasteiger partial charge < -0.3 is 29.6 Å². The van der Waals surface area contributed by atoms with Gasteiger partial charge in [-0.15, -0.1) is 0 Å². The summed E-state index contributed by atoms with van der Waals surface area (Å²) < 4.78 is 33.9. The van der Waals surface area contributed by atoms with Crippen LogP contribution < -0.4 is 24.8 Å². The summed E-state index contributed by atoms with van der Waals surface area (Å²) in [5.74, 6) is -2.11. The van der Waals surface area contributed by atoms with E-state index in [2.05, 4.69) is 10.6 Å². The molecule has 0 atom stereocenters. The van der Waals surface area contributed by atoms with Crippen LogP contribution in [0.3, 0.4) is 0 Å². The number of nitrogens with one attached hydrogen (secondary N) is 2. The van der Waals surface area contributed by atoms with E-state index in [1.54, 1.807) is 0 Å². The summed E-state index contributed by atoms with van der Waals surface area (Å²) in [4.78, 5) is 36.0. The molecular weight excluding hydrogens is 435 g/mol. The van der Waals surface area contributed by atoms with Gasteiger partial charge in [0.15, 0.2) is 18.1 Å². The van der Waals surface area contributed by atoms with Crippen molar-refractivity contribution in [3.63, 3.8) is 0 Å². The molecule has 11 heteroatoms. The normalized spacial score (nSPS) is 10.1. The maximum Gasteiger partial charge on any atom is 0.325 e. The summed E-state index contributed by atoms with van der Waals surface area (Å²) in [5, 5.41) is 4.81. The van der Waals surface area contributed by atoms with Crippen LogP contribution in [-0.4, -0.2) is 52.3 Å². The predicted octanol–water partition coefficient (Wildman–Crippen LogP) is 2.42. The molecule has 0 spiro atoms. The first-order chi connectivity index (χ1) is 14.8. The summed E-state index contributed by atoms with van der Waals surface area (Å²) in [6.07, 6.45) is 0. The average molecular weight is 455 g/mol. The highest BCUT2D eigenvalue weighted by molar-refractivity contribution is 6.30. The Hall–Kier alpha value is -3.53. The Balaban J connectivity index is 1.89. The molecular formula is C20H20ClFN2O7. The fraction of sp³-hybridized carbons (Fsp3) is 0.250.